The average Bonchev–Trinajstić information content (AvgIpc) is 2.27. The van der Waals surface area contributed by atoms with Gasteiger partial charge in [0.15, 0.2) is 0 Å². The minimum absolute atomic E-state index is 0.418. The summed E-state index contributed by atoms with van der Waals surface area (Å²) in [4.78, 5) is 25.7. The molecule has 0 aliphatic carbocycles. The fraction of sp³-hybridized carbons (Fsp3) is 0.462. The van der Waals surface area contributed by atoms with Crippen LogP contribution in [0.1, 0.15) is 37.8 Å². The van der Waals surface area contributed by atoms with Crippen molar-refractivity contribution in [1.29, 1.82) is 0 Å². The summed E-state index contributed by atoms with van der Waals surface area (Å²) in [6.07, 6.45) is 1.04. The van der Waals surface area contributed by atoms with Crippen molar-refractivity contribution in [3.63, 3.8) is 0 Å². The third-order valence-corrected chi connectivity index (χ3v) is 2.49. The Morgan fingerprint density at radius 3 is 1.95 bits per heavy atom. The molecule has 0 aromatic heterocycles. The van der Waals surface area contributed by atoms with Crippen molar-refractivity contribution < 1.29 is 19.7 Å². The molecule has 1 aromatic carbocycles. The summed E-state index contributed by atoms with van der Waals surface area (Å²) in [5.41, 5.74) is 6.43. The van der Waals surface area contributed by atoms with Crippen LogP contribution in [0.15, 0.2) is 24.3 Å². The third-order valence-electron chi connectivity index (χ3n) is 2.49. The Balaban J connectivity index is 0.000000711. The van der Waals surface area contributed by atoms with E-state index in [1.807, 2.05) is 24.3 Å². The third kappa shape index (κ3) is 8.67. The predicted octanol–water partition coefficient (Wildman–Crippen LogP) is 2.23. The lowest BCUT2D eigenvalue weighted by molar-refractivity contribution is -0.138. The average molecular weight is 287 g/mol. The first kappa shape index (κ1) is 18.0. The van der Waals surface area contributed by atoms with Gasteiger partial charge in [0, 0.05) is 0 Å². The van der Waals surface area contributed by atoms with Crippen molar-refractivity contribution in [2.45, 2.75) is 33.1 Å². The van der Waals surface area contributed by atoms with Crippen LogP contribution in [0.5, 0.6) is 0 Å². The zero-order valence-electron chi connectivity index (χ0n) is 11.4. The van der Waals surface area contributed by atoms with Crippen LogP contribution in [-0.4, -0.2) is 20.9 Å². The highest BCUT2D eigenvalue weighted by atomic mass is 31.2. The van der Waals surface area contributed by atoms with Crippen molar-refractivity contribution in [2.24, 2.45) is 11.4 Å². The van der Waals surface area contributed by atoms with E-state index in [1.165, 1.54) is 5.56 Å². The summed E-state index contributed by atoms with van der Waals surface area (Å²) in [5.74, 6) is -0.558. The normalized spacial score (nSPS) is 12.0. The zero-order valence-corrected chi connectivity index (χ0v) is 12.3. The molecule has 0 bridgehead atoms. The maximum atomic E-state index is 10.8. The Labute approximate surface area is 115 Å². The molecule has 0 fully saturated rings. The first-order chi connectivity index (χ1) is 8.73. The number of hydrogen-bond donors (Lipinski definition) is 4. The number of hydrogen-bond acceptors (Lipinski definition) is 4. The Kier molecular flexibility index (Phi) is 8.52. The Morgan fingerprint density at radius 1 is 1.21 bits per heavy atom. The van der Waals surface area contributed by atoms with Crippen LogP contribution in [0.4, 0.5) is 0 Å². The second-order valence-electron chi connectivity index (χ2n) is 4.72. The van der Waals surface area contributed by atoms with Gasteiger partial charge in [-0.1, -0.05) is 38.1 Å². The smallest absolute Gasteiger partial charge is 0.310 e. The van der Waals surface area contributed by atoms with Crippen molar-refractivity contribution in [2.75, 3.05) is 0 Å². The summed E-state index contributed by atoms with van der Waals surface area (Å²) in [6.45, 7) is 6.06. The molecule has 1 aromatic rings. The van der Waals surface area contributed by atoms with E-state index >= 15 is 0 Å². The van der Waals surface area contributed by atoms with E-state index in [9.17, 15) is 4.79 Å². The van der Waals surface area contributed by atoms with Crippen LogP contribution in [0.2, 0.25) is 0 Å². The topological polar surface area (TPSA) is 104 Å². The fourth-order valence-electron chi connectivity index (χ4n) is 1.56. The fourth-order valence-corrected chi connectivity index (χ4v) is 1.56. The molecular weight excluding hydrogens is 265 g/mol. The van der Waals surface area contributed by atoms with Gasteiger partial charge < -0.3 is 14.9 Å². The standard InChI is InChI=1S/C13H18O2.H4NO2P/c1-9(2)8-11-4-6-12(7-5-11)10(3)13(14)15;1-4(2)3/h4-7,9-10H,8H2,1-3H3,(H,14,15);2-3H,1H2. The number of aliphatic carboxylic acids is 1. The van der Waals surface area contributed by atoms with E-state index in [2.05, 4.69) is 19.4 Å². The molecular formula is C13H22NO4P. The van der Waals surface area contributed by atoms with Crippen LogP contribution in [0.25, 0.3) is 0 Å². The SMILES string of the molecule is CC(C)Cc1ccc(C(C)C(=O)O)cc1.NP(O)O. The summed E-state index contributed by atoms with van der Waals surface area (Å²) < 4.78 is 0. The molecule has 0 aliphatic heterocycles. The molecule has 5 N–H and O–H groups in total. The van der Waals surface area contributed by atoms with Crippen LogP contribution in [0.3, 0.4) is 0 Å². The quantitative estimate of drug-likeness (QED) is 0.636. The van der Waals surface area contributed by atoms with Crippen molar-refractivity contribution >= 4 is 14.5 Å². The van der Waals surface area contributed by atoms with E-state index in [-0.39, 0.29) is 0 Å². The maximum absolute atomic E-state index is 10.8. The monoisotopic (exact) mass is 287 g/mol. The van der Waals surface area contributed by atoms with Gasteiger partial charge in [-0.25, -0.2) is 0 Å². The molecule has 0 aliphatic rings. The zero-order chi connectivity index (χ0) is 15.0. The lowest BCUT2D eigenvalue weighted by Crippen LogP contribution is -2.07. The number of benzene rings is 1. The van der Waals surface area contributed by atoms with Crippen LogP contribution in [0, 0.1) is 5.92 Å². The first-order valence-corrected chi connectivity index (χ1v) is 7.29. The highest BCUT2D eigenvalue weighted by Crippen LogP contribution is 2.17. The summed E-state index contributed by atoms with van der Waals surface area (Å²) in [6, 6.07) is 7.87. The van der Waals surface area contributed by atoms with Gasteiger partial charge in [-0.15, -0.1) is 0 Å². The van der Waals surface area contributed by atoms with Gasteiger partial charge in [0.25, 0.3) is 0 Å². The van der Waals surface area contributed by atoms with Gasteiger partial charge in [-0.2, -0.15) is 0 Å². The van der Waals surface area contributed by atoms with Gasteiger partial charge in [0.1, 0.15) is 0 Å². The molecule has 5 nitrogen and oxygen atoms in total. The van der Waals surface area contributed by atoms with E-state index in [0.717, 1.165) is 12.0 Å². The number of carbonyl (C=O) groups is 1. The second-order valence-corrected chi connectivity index (χ2v) is 5.36. The van der Waals surface area contributed by atoms with Crippen molar-refractivity contribution in [3.05, 3.63) is 35.4 Å². The minimum atomic E-state index is -2.12. The minimum Gasteiger partial charge on any atom is -0.481 e. The molecule has 1 rings (SSSR count). The molecule has 0 saturated carbocycles. The Bertz CT molecular complexity index is 376. The van der Waals surface area contributed by atoms with Crippen LogP contribution >= 0.6 is 8.53 Å². The van der Waals surface area contributed by atoms with Gasteiger partial charge in [0.05, 0.1) is 5.92 Å². The Morgan fingerprint density at radius 2 is 1.63 bits per heavy atom. The highest BCUT2D eigenvalue weighted by molar-refractivity contribution is 7.42. The molecule has 19 heavy (non-hydrogen) atoms. The van der Waals surface area contributed by atoms with E-state index in [0.29, 0.717) is 5.92 Å². The number of nitrogens with two attached hydrogens (primary N) is 1. The molecule has 0 heterocycles. The molecule has 1 atom stereocenters. The Hall–Kier alpha value is -1.00. The lowest BCUT2D eigenvalue weighted by Gasteiger charge is -2.09. The summed E-state index contributed by atoms with van der Waals surface area (Å²) in [5, 5.41) is 8.85. The maximum Gasteiger partial charge on any atom is 0.310 e. The van der Waals surface area contributed by atoms with E-state index in [1.54, 1.807) is 6.92 Å². The molecule has 0 spiro atoms. The second kappa shape index (κ2) is 8.99. The van der Waals surface area contributed by atoms with Crippen LogP contribution < -0.4 is 5.50 Å². The van der Waals surface area contributed by atoms with E-state index in [4.69, 9.17) is 14.9 Å². The lowest BCUT2D eigenvalue weighted by atomic mass is 9.97. The van der Waals surface area contributed by atoms with Gasteiger partial charge in [-0.05, 0) is 30.4 Å². The number of rotatable bonds is 4. The largest absolute Gasteiger partial charge is 0.481 e. The number of carboxylic acids is 1. The first-order valence-electron chi connectivity index (χ1n) is 5.98. The molecule has 108 valence electrons. The predicted molar refractivity (Wildman–Crippen MR) is 76.6 cm³/mol. The summed E-state index contributed by atoms with van der Waals surface area (Å²) in [7, 11) is -2.12. The summed E-state index contributed by atoms with van der Waals surface area (Å²) >= 11 is 0. The molecule has 0 amide bonds. The molecule has 0 radical (unpaired) electrons. The molecule has 6 heteroatoms. The van der Waals surface area contributed by atoms with Crippen molar-refractivity contribution in [3.8, 4) is 0 Å². The van der Waals surface area contributed by atoms with E-state index < -0.39 is 20.4 Å². The highest BCUT2D eigenvalue weighted by Gasteiger charge is 2.12. The molecule has 0 saturated heterocycles. The van der Waals surface area contributed by atoms with Crippen LogP contribution in [-0.2, 0) is 11.2 Å². The van der Waals surface area contributed by atoms with Gasteiger partial charge in [0.2, 0.25) is 8.53 Å². The van der Waals surface area contributed by atoms with Gasteiger partial charge >= 0.3 is 5.97 Å². The number of carboxylic acid groups (broad SMARTS) is 1. The molecule has 1 unspecified atom stereocenters. The van der Waals surface area contributed by atoms with Gasteiger partial charge in [-0.3, -0.25) is 10.3 Å². The van der Waals surface area contributed by atoms with Crippen molar-refractivity contribution in [1.82, 2.24) is 0 Å².